The van der Waals surface area contributed by atoms with Crippen LogP contribution >= 0.6 is 0 Å². The summed E-state index contributed by atoms with van der Waals surface area (Å²) in [6.07, 6.45) is 6.78. The molecule has 59 heavy (non-hydrogen) atoms. The first-order valence-corrected chi connectivity index (χ1v) is 23.6. The average molecular weight is 842 g/mol. The molecule has 7 nitrogen and oxygen atoms in total. The molecule has 1 aliphatic carbocycles. The number of anilines is 2. The Labute approximate surface area is 367 Å². The first-order chi connectivity index (χ1) is 35.2. The van der Waals surface area contributed by atoms with Crippen LogP contribution in [0.1, 0.15) is 65.7 Å². The summed E-state index contributed by atoms with van der Waals surface area (Å²) >= 11 is -6.37. The van der Waals surface area contributed by atoms with Crippen LogP contribution in [0.3, 0.4) is 0 Å². The second-order valence-corrected chi connectivity index (χ2v) is 22.9. The molecule has 0 bridgehead atoms. The topological polar surface area (TPSA) is 72.6 Å². The summed E-state index contributed by atoms with van der Waals surface area (Å²) in [5.74, 6) is 1.09. The molecule has 1 fully saturated rings. The number of nitrogens with zero attached hydrogens (tertiary/aromatic N) is 7. The van der Waals surface area contributed by atoms with Crippen molar-refractivity contribution in [3.8, 4) is 17.3 Å². The van der Waals surface area contributed by atoms with E-state index in [1.807, 2.05) is 64.2 Å². The van der Waals surface area contributed by atoms with E-state index in [-0.39, 0.29) is 27.7 Å². The Balaban J connectivity index is 1.31. The summed E-state index contributed by atoms with van der Waals surface area (Å²) in [6.45, 7) is 4.37. The maximum atomic E-state index is 9.59. The Kier molecular flexibility index (Phi) is 5.45. The van der Waals surface area contributed by atoms with Gasteiger partial charge >= 0.3 is 369 Å². The molecule has 11 rings (SSSR count). The molecule has 9 aromatic rings. The maximum absolute atomic E-state index is 9.59. The van der Waals surface area contributed by atoms with Gasteiger partial charge in [0.15, 0.2) is 0 Å². The van der Waals surface area contributed by atoms with Gasteiger partial charge in [-0.25, -0.2) is 0 Å². The van der Waals surface area contributed by atoms with Crippen molar-refractivity contribution >= 4 is 64.4 Å². The summed E-state index contributed by atoms with van der Waals surface area (Å²) in [7, 11) is 0. The zero-order chi connectivity index (χ0) is 52.7. The van der Waals surface area contributed by atoms with Crippen molar-refractivity contribution < 1.29 is 20.6 Å². The Bertz CT molecular complexity index is 3600. The van der Waals surface area contributed by atoms with Crippen molar-refractivity contribution in [2.45, 2.75) is 50.5 Å². The van der Waals surface area contributed by atoms with Crippen LogP contribution in [0.2, 0.25) is 0 Å². The third-order valence-electron chi connectivity index (χ3n) is 12.5. The van der Waals surface area contributed by atoms with E-state index in [1.165, 1.54) is 18.5 Å². The van der Waals surface area contributed by atoms with Gasteiger partial charge < -0.3 is 0 Å². The second kappa shape index (κ2) is 13.8. The molecule has 2 atom stereocenters. The Morgan fingerprint density at radius 1 is 0.610 bits per heavy atom. The first kappa shape index (κ1) is 23.2. The number of hydrogen-bond donors (Lipinski definition) is 0. The Hall–Kier alpha value is -6.45. The third-order valence-corrected chi connectivity index (χ3v) is 21.3. The van der Waals surface area contributed by atoms with Crippen molar-refractivity contribution in [1.29, 1.82) is 0 Å². The molecule has 1 saturated carbocycles. The Morgan fingerprint density at radius 3 is 1.81 bits per heavy atom. The van der Waals surface area contributed by atoms with E-state index >= 15 is 0 Å². The fraction of sp³-hybridized carbons (Fsp3) is 0.157. The van der Waals surface area contributed by atoms with Crippen molar-refractivity contribution in [3.63, 3.8) is 0 Å². The van der Waals surface area contributed by atoms with Crippen LogP contribution in [-0.2, 0) is 5.41 Å². The summed E-state index contributed by atoms with van der Waals surface area (Å²) in [5, 5.41) is 1.85. The number of benzene rings is 6. The zero-order valence-electron chi connectivity index (χ0n) is 47.0. The number of hydrogen-bond acceptors (Lipinski definition) is 6. The zero-order valence-corrected chi connectivity index (χ0v) is 34.1. The van der Waals surface area contributed by atoms with Gasteiger partial charge in [-0.2, -0.15) is 0 Å². The molecule has 3 aromatic heterocycles. The van der Waals surface area contributed by atoms with E-state index in [4.69, 9.17) is 32.3 Å². The van der Waals surface area contributed by atoms with Gasteiger partial charge in [-0.15, -0.1) is 0 Å². The SMILES string of the molecule is [2H]c1c([2H])c([2H])[c]([Ge]([c]2cccc(-c3nc(N4c5ncncc5C5(C)CCCCC45C)nc(-n4c5ccccc5c5ccccc54)n3)c2)([c]2c([2H])c([2H])c([2H])c([2H])c2[2H])[c]2c([2H])c([2H])c([2H])c([2H])c2[2H])c([2H])c1[2H]. The normalized spacial score (nSPS) is 22.4. The van der Waals surface area contributed by atoms with Crippen LogP contribution in [0.4, 0.5) is 11.8 Å². The summed E-state index contributed by atoms with van der Waals surface area (Å²) in [5.41, 5.74) is 1.64. The first-order valence-electron chi connectivity index (χ1n) is 26.9. The number of para-hydroxylation sites is 2. The van der Waals surface area contributed by atoms with Gasteiger partial charge in [-0.05, 0) is 0 Å². The molecule has 1 aliphatic heterocycles. The molecule has 2 unspecified atom stereocenters. The summed E-state index contributed by atoms with van der Waals surface area (Å²) in [4.78, 5) is 27.1. The van der Waals surface area contributed by atoms with Gasteiger partial charge in [0.05, 0.1) is 0 Å². The fourth-order valence-corrected chi connectivity index (χ4v) is 17.6. The van der Waals surface area contributed by atoms with E-state index in [0.717, 1.165) is 53.1 Å². The van der Waals surface area contributed by atoms with Gasteiger partial charge in [0.1, 0.15) is 0 Å². The van der Waals surface area contributed by atoms with Gasteiger partial charge in [0.2, 0.25) is 0 Å². The quantitative estimate of drug-likeness (QED) is 0.150. The van der Waals surface area contributed by atoms with E-state index in [0.29, 0.717) is 5.82 Å². The van der Waals surface area contributed by atoms with Crippen molar-refractivity contribution in [2.75, 3.05) is 4.90 Å². The van der Waals surface area contributed by atoms with Crippen LogP contribution in [0, 0.1) is 0 Å². The van der Waals surface area contributed by atoms with Gasteiger partial charge in [0.25, 0.3) is 0 Å². The van der Waals surface area contributed by atoms with E-state index in [9.17, 15) is 8.22 Å². The van der Waals surface area contributed by atoms with Crippen molar-refractivity contribution in [2.24, 2.45) is 0 Å². The molecule has 4 heterocycles. The van der Waals surface area contributed by atoms with Crippen molar-refractivity contribution in [1.82, 2.24) is 29.5 Å². The van der Waals surface area contributed by atoms with Gasteiger partial charge in [-0.1, -0.05) is 0 Å². The van der Waals surface area contributed by atoms with Crippen LogP contribution in [0.25, 0.3) is 39.1 Å². The molecule has 0 radical (unpaired) electrons. The van der Waals surface area contributed by atoms with Crippen LogP contribution in [0.15, 0.2) is 176 Å². The van der Waals surface area contributed by atoms with Crippen LogP contribution in [0.5, 0.6) is 0 Å². The number of fused-ring (bicyclic) bond motifs is 6. The third kappa shape index (κ3) is 5.30. The molecule has 0 spiro atoms. The molecular weight excluding hydrogens is 783 g/mol. The van der Waals surface area contributed by atoms with Crippen LogP contribution in [-0.4, -0.2) is 48.3 Å². The monoisotopic (exact) mass is 842 g/mol. The second-order valence-electron chi connectivity index (χ2n) is 15.4. The van der Waals surface area contributed by atoms with E-state index in [1.54, 1.807) is 12.1 Å². The molecule has 0 saturated heterocycles. The minimum absolute atomic E-state index is 0.0236. The molecular formula is C51H43GeN7. The number of aromatic nitrogens is 6. The molecule has 286 valence electrons. The standard InChI is InChI=1S/C51H43GeN7/c1-50-31-16-17-32-51(50,2)59(47-43(50)34-53-35-54-47)49-56-46(55-48(57-49)58-44-29-14-12-27-41(44)42-28-13-15-30-45(42)58)36-19-18-26-40(33-36)52(37-20-6-3-7-21-37,38-22-8-4-9-23-38)39-24-10-5-11-25-39/h3-15,18-30,33-35H,16-17,31-32H2,1-2H3/i3D,4D,5D,6D,7D,8D,9D,10D,11D,20D,21D,22D,23D,24D,25D. The predicted octanol–water partition coefficient (Wildman–Crippen LogP) is 8.55. The summed E-state index contributed by atoms with van der Waals surface area (Å²) in [6, 6.07) is 9.33. The minimum atomic E-state index is -6.37. The van der Waals surface area contributed by atoms with E-state index in [2.05, 4.69) is 18.8 Å². The fourth-order valence-electron chi connectivity index (χ4n) is 9.55. The van der Waals surface area contributed by atoms with Gasteiger partial charge in [-0.3, -0.25) is 0 Å². The molecule has 0 amide bonds. The van der Waals surface area contributed by atoms with Crippen molar-refractivity contribution in [3.05, 3.63) is 182 Å². The Morgan fingerprint density at radius 2 is 1.19 bits per heavy atom. The molecule has 8 heteroatoms. The average Bonchev–Trinajstić information content (AvgIpc) is 3.85. The van der Waals surface area contributed by atoms with E-state index < -0.39 is 128 Å². The van der Waals surface area contributed by atoms with Gasteiger partial charge in [0, 0.05) is 0 Å². The summed E-state index contributed by atoms with van der Waals surface area (Å²) < 4.78 is 138. The predicted molar refractivity (Wildman–Crippen MR) is 242 cm³/mol. The molecule has 2 aliphatic rings. The molecule has 6 aromatic carbocycles. The molecule has 0 N–H and O–H groups in total. The number of rotatable bonds is 7. The van der Waals surface area contributed by atoms with Crippen LogP contribution < -0.4 is 22.5 Å².